The van der Waals surface area contributed by atoms with Crippen LogP contribution in [0.3, 0.4) is 0 Å². The smallest absolute Gasteiger partial charge is 0.253 e. The first kappa shape index (κ1) is 13.4. The van der Waals surface area contributed by atoms with Crippen LogP contribution in [-0.2, 0) is 4.74 Å². The molecule has 2 N–H and O–H groups in total. The molecule has 0 radical (unpaired) electrons. The van der Waals surface area contributed by atoms with Gasteiger partial charge in [-0.15, -0.1) is 0 Å². The largest absolute Gasteiger partial charge is 0.506 e. The van der Waals surface area contributed by atoms with Crippen LogP contribution in [-0.4, -0.2) is 35.8 Å². The van der Waals surface area contributed by atoms with E-state index < -0.39 is 0 Å². The average Bonchev–Trinajstić information content (AvgIpc) is 2.28. The van der Waals surface area contributed by atoms with Gasteiger partial charge in [-0.05, 0) is 12.0 Å². The van der Waals surface area contributed by atoms with Crippen LogP contribution < -0.4 is 5.32 Å². The molecule has 0 bridgehead atoms. The Hall–Kier alpha value is -1.62. The van der Waals surface area contributed by atoms with Crippen LogP contribution in [0.2, 0.25) is 0 Å². The maximum absolute atomic E-state index is 11.9. The maximum Gasteiger partial charge on any atom is 0.253 e. The quantitative estimate of drug-likeness (QED) is 0.808. The molecule has 94 valence electrons. The number of carbonyl (C=O) groups excluding carboxylic acids is 1. The Morgan fingerprint density at radius 1 is 1.53 bits per heavy atom. The van der Waals surface area contributed by atoms with Crippen molar-refractivity contribution in [1.29, 1.82) is 0 Å². The van der Waals surface area contributed by atoms with Crippen LogP contribution >= 0.6 is 0 Å². The normalized spacial score (nSPS) is 12.5. The van der Waals surface area contributed by atoms with Gasteiger partial charge in [-0.1, -0.05) is 13.8 Å². The summed E-state index contributed by atoms with van der Waals surface area (Å²) in [6, 6.07) is 1.32. The molecule has 0 aliphatic carbocycles. The van der Waals surface area contributed by atoms with Crippen molar-refractivity contribution in [3.8, 4) is 5.75 Å². The minimum atomic E-state index is -0.260. The third-order valence-corrected chi connectivity index (χ3v) is 2.45. The van der Waals surface area contributed by atoms with Crippen LogP contribution in [0, 0.1) is 5.92 Å². The molecule has 17 heavy (non-hydrogen) atoms. The number of aromatic nitrogens is 1. The number of hydrogen-bond donors (Lipinski definition) is 2. The zero-order valence-corrected chi connectivity index (χ0v) is 10.3. The molecule has 0 saturated carbocycles. The summed E-state index contributed by atoms with van der Waals surface area (Å²) in [5.41, 5.74) is 0.340. The molecule has 0 fully saturated rings. The van der Waals surface area contributed by atoms with Gasteiger partial charge in [0.2, 0.25) is 0 Å². The summed E-state index contributed by atoms with van der Waals surface area (Å²) in [6.45, 7) is 4.46. The summed E-state index contributed by atoms with van der Waals surface area (Å²) < 4.78 is 5.05. The van der Waals surface area contributed by atoms with Crippen LogP contribution in [0.1, 0.15) is 24.2 Å². The van der Waals surface area contributed by atoms with E-state index >= 15 is 0 Å². The van der Waals surface area contributed by atoms with Crippen LogP contribution in [0.25, 0.3) is 0 Å². The highest BCUT2D eigenvalue weighted by atomic mass is 16.5. The van der Waals surface area contributed by atoms with E-state index in [4.69, 9.17) is 4.74 Å². The van der Waals surface area contributed by atoms with Gasteiger partial charge in [0.25, 0.3) is 5.91 Å². The van der Waals surface area contributed by atoms with Crippen molar-refractivity contribution < 1.29 is 14.6 Å². The molecule has 1 aromatic rings. The summed E-state index contributed by atoms with van der Waals surface area (Å²) in [6.07, 6.45) is 2.70. The Labute approximate surface area is 101 Å². The van der Waals surface area contributed by atoms with Gasteiger partial charge in [0.15, 0.2) is 0 Å². The molecule has 0 aliphatic rings. The van der Waals surface area contributed by atoms with Crippen LogP contribution in [0.5, 0.6) is 5.75 Å². The van der Waals surface area contributed by atoms with Crippen molar-refractivity contribution >= 4 is 5.91 Å². The summed E-state index contributed by atoms with van der Waals surface area (Å²) in [5, 5.41) is 12.1. The van der Waals surface area contributed by atoms with E-state index in [-0.39, 0.29) is 23.6 Å². The standard InChI is InChI=1S/C12H18N2O3/c1-8(2)11(7-17-3)14-12(16)9-4-10(15)6-13-5-9/h4-6,8,11,15H,7H2,1-3H3,(H,14,16). The highest BCUT2D eigenvalue weighted by Gasteiger charge is 2.17. The second-order valence-electron chi connectivity index (χ2n) is 4.21. The molecule has 1 aromatic heterocycles. The average molecular weight is 238 g/mol. The fraction of sp³-hybridized carbons (Fsp3) is 0.500. The summed E-state index contributed by atoms with van der Waals surface area (Å²) in [5.74, 6) is -0.0150. The zero-order valence-electron chi connectivity index (χ0n) is 10.3. The van der Waals surface area contributed by atoms with E-state index in [1.54, 1.807) is 7.11 Å². The molecule has 1 rings (SSSR count). The minimum Gasteiger partial charge on any atom is -0.506 e. The number of pyridine rings is 1. The van der Waals surface area contributed by atoms with Crippen LogP contribution in [0.15, 0.2) is 18.5 Å². The molecule has 1 heterocycles. The third kappa shape index (κ3) is 4.03. The van der Waals surface area contributed by atoms with E-state index in [2.05, 4.69) is 10.3 Å². The lowest BCUT2D eigenvalue weighted by Gasteiger charge is -2.21. The van der Waals surface area contributed by atoms with Crippen molar-refractivity contribution in [2.45, 2.75) is 19.9 Å². The first-order valence-electron chi connectivity index (χ1n) is 5.48. The lowest BCUT2D eigenvalue weighted by atomic mass is 10.0. The Morgan fingerprint density at radius 2 is 2.24 bits per heavy atom. The van der Waals surface area contributed by atoms with Crippen LogP contribution in [0.4, 0.5) is 0 Å². The van der Waals surface area contributed by atoms with Gasteiger partial charge in [0.1, 0.15) is 5.75 Å². The fourth-order valence-corrected chi connectivity index (χ4v) is 1.38. The minimum absolute atomic E-state index is 0.0227. The molecule has 1 unspecified atom stereocenters. The number of nitrogens with zero attached hydrogens (tertiary/aromatic N) is 1. The summed E-state index contributed by atoms with van der Waals surface area (Å²) in [4.78, 5) is 15.6. The number of aromatic hydroxyl groups is 1. The lowest BCUT2D eigenvalue weighted by molar-refractivity contribution is 0.0866. The number of methoxy groups -OCH3 is 1. The van der Waals surface area contributed by atoms with Crippen molar-refractivity contribution in [2.75, 3.05) is 13.7 Å². The summed E-state index contributed by atoms with van der Waals surface area (Å²) >= 11 is 0. The van der Waals surface area contributed by atoms with Gasteiger partial charge < -0.3 is 15.2 Å². The van der Waals surface area contributed by atoms with Gasteiger partial charge in [-0.3, -0.25) is 9.78 Å². The number of rotatable bonds is 5. The second-order valence-corrected chi connectivity index (χ2v) is 4.21. The first-order valence-corrected chi connectivity index (χ1v) is 5.48. The van der Waals surface area contributed by atoms with Crippen molar-refractivity contribution in [3.63, 3.8) is 0 Å². The van der Waals surface area contributed by atoms with Gasteiger partial charge in [-0.25, -0.2) is 0 Å². The Balaban J connectivity index is 2.70. The monoisotopic (exact) mass is 238 g/mol. The SMILES string of the molecule is COCC(NC(=O)c1cncc(O)c1)C(C)C. The van der Waals surface area contributed by atoms with E-state index in [9.17, 15) is 9.90 Å². The Bertz CT molecular complexity index is 380. The number of ether oxygens (including phenoxy) is 1. The number of amides is 1. The van der Waals surface area contributed by atoms with Crippen molar-refractivity contribution in [3.05, 3.63) is 24.0 Å². The molecule has 0 spiro atoms. The van der Waals surface area contributed by atoms with Gasteiger partial charge in [-0.2, -0.15) is 0 Å². The molecule has 5 nitrogen and oxygen atoms in total. The number of carbonyl (C=O) groups is 1. The predicted octanol–water partition coefficient (Wildman–Crippen LogP) is 1.19. The molecular weight excluding hydrogens is 220 g/mol. The third-order valence-electron chi connectivity index (χ3n) is 2.45. The van der Waals surface area contributed by atoms with E-state index in [0.717, 1.165) is 0 Å². The van der Waals surface area contributed by atoms with E-state index in [1.165, 1.54) is 18.5 Å². The van der Waals surface area contributed by atoms with Gasteiger partial charge in [0.05, 0.1) is 24.4 Å². The molecular formula is C12H18N2O3. The Kier molecular flexibility index (Phi) is 4.90. The molecule has 0 aliphatic heterocycles. The molecule has 1 amide bonds. The highest BCUT2D eigenvalue weighted by molar-refractivity contribution is 5.94. The fourth-order valence-electron chi connectivity index (χ4n) is 1.38. The first-order chi connectivity index (χ1) is 8.04. The van der Waals surface area contributed by atoms with Crippen molar-refractivity contribution in [1.82, 2.24) is 10.3 Å². The predicted molar refractivity (Wildman–Crippen MR) is 63.9 cm³/mol. The maximum atomic E-state index is 11.9. The molecule has 5 heteroatoms. The highest BCUT2D eigenvalue weighted by Crippen LogP contribution is 2.09. The lowest BCUT2D eigenvalue weighted by Crippen LogP contribution is -2.41. The molecule has 1 atom stereocenters. The molecule has 0 saturated heterocycles. The number of nitrogens with one attached hydrogen (secondary N) is 1. The second kappa shape index (κ2) is 6.20. The topological polar surface area (TPSA) is 71.5 Å². The number of hydrogen-bond acceptors (Lipinski definition) is 4. The van der Waals surface area contributed by atoms with Gasteiger partial charge in [0, 0.05) is 13.3 Å². The van der Waals surface area contributed by atoms with Crippen molar-refractivity contribution in [2.24, 2.45) is 5.92 Å². The van der Waals surface area contributed by atoms with E-state index in [0.29, 0.717) is 12.2 Å². The Morgan fingerprint density at radius 3 is 2.76 bits per heavy atom. The summed E-state index contributed by atoms with van der Waals surface area (Å²) in [7, 11) is 1.59. The molecule has 0 aromatic carbocycles. The van der Waals surface area contributed by atoms with Gasteiger partial charge >= 0.3 is 0 Å². The zero-order chi connectivity index (χ0) is 12.8. The van der Waals surface area contributed by atoms with E-state index in [1.807, 2.05) is 13.8 Å².